The van der Waals surface area contributed by atoms with Gasteiger partial charge >= 0.3 is 0 Å². The van der Waals surface area contributed by atoms with E-state index < -0.39 is 28.7 Å². The average molecular weight is 547 g/mol. The largest absolute Gasteiger partial charge is 0.379 e. The molecule has 3 heterocycles. The number of nitrogens with one attached hydrogen (secondary N) is 3. The highest BCUT2D eigenvalue weighted by molar-refractivity contribution is 6.31. The lowest BCUT2D eigenvalue weighted by Gasteiger charge is -2.50. The second kappa shape index (κ2) is 9.50. The molecule has 3 aliphatic heterocycles. The molecule has 2 saturated heterocycles. The summed E-state index contributed by atoms with van der Waals surface area (Å²) in [5.41, 5.74) is -0.284. The molecular weight excluding hydrogens is 518 g/mol. The maximum Gasteiger partial charge on any atom is 0.237 e. The first-order chi connectivity index (χ1) is 17.9. The summed E-state index contributed by atoms with van der Waals surface area (Å²) in [5.74, 6) is -1.91. The standard InChI is InChI=1S/C27H29Cl2FN4O3/c28-16-5-6-18-20(15-16)32-25(36)27(18)21(17-3-1-4-19(29)22(17)30)23(33-26(27)7-2-8-26)24(35)31-9-10-34-11-13-37-14-12-34/h1,3-6,15,21,23,33H,2,7-14H2,(H,31,35)(H,32,36)/t21-,23+,27+/m0/s1. The van der Waals surface area contributed by atoms with Gasteiger partial charge in [-0.3, -0.25) is 19.8 Å². The van der Waals surface area contributed by atoms with Gasteiger partial charge in [0.2, 0.25) is 11.8 Å². The fourth-order valence-electron chi connectivity index (χ4n) is 6.86. The van der Waals surface area contributed by atoms with Crippen molar-refractivity contribution in [2.75, 3.05) is 44.7 Å². The van der Waals surface area contributed by atoms with E-state index in [0.29, 0.717) is 49.9 Å². The number of ether oxygens (including phenoxy) is 1. The fourth-order valence-corrected chi connectivity index (χ4v) is 7.22. The van der Waals surface area contributed by atoms with Crippen LogP contribution in [0.1, 0.15) is 36.3 Å². The molecule has 2 amide bonds. The van der Waals surface area contributed by atoms with Gasteiger partial charge in [0.1, 0.15) is 11.2 Å². The van der Waals surface area contributed by atoms with Crippen LogP contribution in [0.4, 0.5) is 10.1 Å². The molecule has 2 aromatic rings. The fraction of sp³-hybridized carbons (Fsp3) is 0.481. The highest BCUT2D eigenvalue weighted by Crippen LogP contribution is 2.64. The van der Waals surface area contributed by atoms with Gasteiger partial charge in [-0.2, -0.15) is 0 Å². The van der Waals surface area contributed by atoms with Gasteiger partial charge in [0.15, 0.2) is 0 Å². The monoisotopic (exact) mass is 546 g/mol. The summed E-state index contributed by atoms with van der Waals surface area (Å²) in [5, 5.41) is 10.1. The number of carbonyl (C=O) groups is 2. The summed E-state index contributed by atoms with van der Waals surface area (Å²) >= 11 is 12.5. The van der Waals surface area contributed by atoms with Crippen molar-refractivity contribution in [2.45, 2.75) is 42.2 Å². The first-order valence-electron chi connectivity index (χ1n) is 12.8. The lowest BCUT2D eigenvalue weighted by Crippen LogP contribution is -2.63. The molecule has 196 valence electrons. The zero-order chi connectivity index (χ0) is 25.8. The SMILES string of the molecule is O=C(NCCN1CCOCC1)[C@@H]1NC2(CCC2)[C@@]2(C(=O)Nc3cc(Cl)ccc32)[C@H]1c1cccc(Cl)c1F. The quantitative estimate of drug-likeness (QED) is 0.535. The van der Waals surface area contributed by atoms with Crippen LogP contribution in [0.2, 0.25) is 10.0 Å². The summed E-state index contributed by atoms with van der Waals surface area (Å²) in [6.07, 6.45) is 2.29. The molecule has 4 aliphatic rings. The van der Waals surface area contributed by atoms with Gasteiger partial charge in [-0.25, -0.2) is 4.39 Å². The second-order valence-electron chi connectivity index (χ2n) is 10.4. The molecule has 0 aromatic heterocycles. The van der Waals surface area contributed by atoms with Crippen LogP contribution in [0.25, 0.3) is 0 Å². The van der Waals surface area contributed by atoms with Crippen molar-refractivity contribution in [1.29, 1.82) is 0 Å². The van der Waals surface area contributed by atoms with Gasteiger partial charge in [-0.15, -0.1) is 0 Å². The number of rotatable bonds is 5. The van der Waals surface area contributed by atoms with E-state index in [4.69, 9.17) is 27.9 Å². The van der Waals surface area contributed by atoms with Crippen LogP contribution in [0, 0.1) is 5.82 Å². The van der Waals surface area contributed by atoms with Gasteiger partial charge in [-0.05, 0) is 48.6 Å². The molecule has 10 heteroatoms. The lowest BCUT2D eigenvalue weighted by atomic mass is 9.53. The van der Waals surface area contributed by atoms with E-state index in [1.165, 1.54) is 6.07 Å². The number of hydrogen-bond acceptors (Lipinski definition) is 5. The van der Waals surface area contributed by atoms with Crippen molar-refractivity contribution in [2.24, 2.45) is 0 Å². The van der Waals surface area contributed by atoms with Crippen LogP contribution < -0.4 is 16.0 Å². The number of halogens is 3. The van der Waals surface area contributed by atoms with Crippen LogP contribution in [-0.4, -0.2) is 67.7 Å². The number of nitrogens with zero attached hydrogens (tertiary/aromatic N) is 1. The predicted molar refractivity (Wildman–Crippen MR) is 140 cm³/mol. The topological polar surface area (TPSA) is 82.7 Å². The summed E-state index contributed by atoms with van der Waals surface area (Å²) < 4.78 is 21.1. The van der Waals surface area contributed by atoms with Crippen molar-refractivity contribution in [3.05, 3.63) is 63.4 Å². The highest BCUT2D eigenvalue weighted by atomic mass is 35.5. The first kappa shape index (κ1) is 25.1. The summed E-state index contributed by atoms with van der Waals surface area (Å²) in [6, 6.07) is 9.27. The molecule has 37 heavy (non-hydrogen) atoms. The van der Waals surface area contributed by atoms with E-state index in [2.05, 4.69) is 20.9 Å². The maximum atomic E-state index is 15.7. The number of anilines is 1. The molecule has 6 rings (SSSR count). The average Bonchev–Trinajstić information content (AvgIpc) is 3.34. The number of carbonyl (C=O) groups excluding carboxylic acids is 2. The van der Waals surface area contributed by atoms with Crippen LogP contribution in [-0.2, 0) is 19.7 Å². The predicted octanol–water partition coefficient (Wildman–Crippen LogP) is 3.45. The molecule has 2 aromatic carbocycles. The molecule has 3 fully saturated rings. The van der Waals surface area contributed by atoms with Crippen molar-refractivity contribution < 1.29 is 18.7 Å². The normalized spacial score (nSPS) is 28.2. The molecule has 3 atom stereocenters. The first-order valence-corrected chi connectivity index (χ1v) is 13.5. The highest BCUT2D eigenvalue weighted by Gasteiger charge is 2.74. The van der Waals surface area contributed by atoms with Gasteiger partial charge in [0.25, 0.3) is 0 Å². The maximum absolute atomic E-state index is 15.7. The van der Waals surface area contributed by atoms with Crippen LogP contribution in [0.15, 0.2) is 36.4 Å². The molecule has 1 aliphatic carbocycles. The van der Waals surface area contributed by atoms with E-state index in [9.17, 15) is 9.59 Å². The minimum absolute atomic E-state index is 0.0385. The minimum Gasteiger partial charge on any atom is -0.379 e. The molecule has 0 radical (unpaired) electrons. The van der Waals surface area contributed by atoms with E-state index >= 15 is 4.39 Å². The molecule has 0 unspecified atom stereocenters. The molecule has 0 bridgehead atoms. The summed E-state index contributed by atoms with van der Waals surface area (Å²) in [6.45, 7) is 4.13. The third-order valence-electron chi connectivity index (χ3n) is 8.64. The molecule has 3 N–H and O–H groups in total. The van der Waals surface area contributed by atoms with Gasteiger partial charge in [-0.1, -0.05) is 41.4 Å². The van der Waals surface area contributed by atoms with Crippen LogP contribution in [0.3, 0.4) is 0 Å². The van der Waals surface area contributed by atoms with Gasteiger partial charge in [0.05, 0.1) is 24.3 Å². The smallest absolute Gasteiger partial charge is 0.237 e. The molecule has 1 saturated carbocycles. The Balaban J connectivity index is 1.42. The van der Waals surface area contributed by atoms with Crippen molar-refractivity contribution in [1.82, 2.24) is 15.5 Å². The lowest BCUT2D eigenvalue weighted by molar-refractivity contribution is -0.125. The van der Waals surface area contributed by atoms with Crippen LogP contribution in [0.5, 0.6) is 0 Å². The Bertz CT molecular complexity index is 1250. The Morgan fingerprint density at radius 1 is 1.19 bits per heavy atom. The van der Waals surface area contributed by atoms with E-state index in [-0.39, 0.29) is 22.4 Å². The van der Waals surface area contributed by atoms with Crippen molar-refractivity contribution in [3.63, 3.8) is 0 Å². The number of benzene rings is 2. The third kappa shape index (κ3) is 3.80. The number of morpholine rings is 1. The minimum atomic E-state index is -1.19. The Labute approximate surface area is 225 Å². The van der Waals surface area contributed by atoms with Gasteiger partial charge < -0.3 is 15.4 Å². The van der Waals surface area contributed by atoms with E-state index in [1.807, 2.05) is 6.07 Å². The molecule has 2 spiro atoms. The molecular formula is C27H29Cl2FN4O3. The van der Waals surface area contributed by atoms with Crippen LogP contribution >= 0.6 is 23.2 Å². The zero-order valence-electron chi connectivity index (χ0n) is 20.3. The Morgan fingerprint density at radius 3 is 2.70 bits per heavy atom. The third-order valence-corrected chi connectivity index (χ3v) is 9.16. The van der Waals surface area contributed by atoms with Gasteiger partial charge in [0, 0.05) is 48.3 Å². The van der Waals surface area contributed by atoms with E-state index in [0.717, 1.165) is 25.1 Å². The van der Waals surface area contributed by atoms with Crippen molar-refractivity contribution in [3.8, 4) is 0 Å². The molecule has 7 nitrogen and oxygen atoms in total. The Morgan fingerprint density at radius 2 is 1.97 bits per heavy atom. The number of hydrogen-bond donors (Lipinski definition) is 3. The number of fused-ring (bicyclic) bond motifs is 3. The number of amides is 2. The summed E-state index contributed by atoms with van der Waals surface area (Å²) in [4.78, 5) is 30.1. The Hall–Kier alpha value is -2.23. The zero-order valence-corrected chi connectivity index (χ0v) is 21.8. The second-order valence-corrected chi connectivity index (χ2v) is 11.2. The van der Waals surface area contributed by atoms with Crippen molar-refractivity contribution >= 4 is 40.7 Å². The summed E-state index contributed by atoms with van der Waals surface area (Å²) in [7, 11) is 0. The van der Waals surface area contributed by atoms with E-state index in [1.54, 1.807) is 24.3 Å². The Kier molecular flexibility index (Phi) is 6.44.